The molecule has 116 valence electrons. The molecule has 1 amide bonds. The van der Waals surface area contributed by atoms with Gasteiger partial charge in [-0.25, -0.2) is 9.37 Å². The molecule has 0 atom stereocenters. The Bertz CT molecular complexity index is 835. The van der Waals surface area contributed by atoms with Crippen molar-refractivity contribution < 1.29 is 9.18 Å². The summed E-state index contributed by atoms with van der Waals surface area (Å²) in [5.41, 5.74) is 1.21. The van der Waals surface area contributed by atoms with E-state index in [0.29, 0.717) is 17.3 Å². The van der Waals surface area contributed by atoms with Crippen molar-refractivity contribution in [1.29, 1.82) is 0 Å². The predicted octanol–water partition coefficient (Wildman–Crippen LogP) is 3.45. The molecule has 0 saturated carbocycles. The molecule has 1 heterocycles. The number of aromatic nitrogens is 3. The van der Waals surface area contributed by atoms with Crippen LogP contribution in [0.4, 0.5) is 10.1 Å². The molecule has 0 bridgehead atoms. The minimum Gasteiger partial charge on any atom is -0.324 e. The van der Waals surface area contributed by atoms with Crippen LogP contribution in [0.15, 0.2) is 48.5 Å². The number of hydrogen-bond donors (Lipinski definition) is 2. The Hall–Kier alpha value is -2.73. The Morgan fingerprint density at radius 3 is 2.74 bits per heavy atom. The van der Waals surface area contributed by atoms with Gasteiger partial charge in [0.05, 0.1) is 17.1 Å². The van der Waals surface area contributed by atoms with Gasteiger partial charge in [0.2, 0.25) is 5.91 Å². The number of H-pyrrole nitrogens is 1. The lowest BCUT2D eigenvalue weighted by Gasteiger charge is -2.05. The monoisotopic (exact) mass is 330 g/mol. The maximum absolute atomic E-state index is 13.0. The third-order valence-corrected chi connectivity index (χ3v) is 3.41. The highest BCUT2D eigenvalue weighted by molar-refractivity contribution is 6.33. The number of anilines is 1. The number of hydrogen-bond acceptors (Lipinski definition) is 3. The van der Waals surface area contributed by atoms with Gasteiger partial charge in [0.1, 0.15) is 11.6 Å². The summed E-state index contributed by atoms with van der Waals surface area (Å²) in [6.45, 7) is 0. The molecule has 5 nitrogen and oxygen atoms in total. The van der Waals surface area contributed by atoms with E-state index < -0.39 is 5.82 Å². The Balaban J connectivity index is 1.68. The van der Waals surface area contributed by atoms with Crippen LogP contribution in [0.1, 0.15) is 5.82 Å². The molecule has 0 saturated heterocycles. The van der Waals surface area contributed by atoms with Crippen LogP contribution in [0.5, 0.6) is 0 Å². The van der Waals surface area contributed by atoms with Crippen LogP contribution in [0, 0.1) is 5.82 Å². The van der Waals surface area contributed by atoms with E-state index in [0.717, 1.165) is 11.6 Å². The molecular weight excluding hydrogens is 319 g/mol. The molecule has 3 rings (SSSR count). The highest BCUT2D eigenvalue weighted by Crippen LogP contribution is 2.22. The van der Waals surface area contributed by atoms with Gasteiger partial charge < -0.3 is 5.32 Å². The van der Waals surface area contributed by atoms with Crippen molar-refractivity contribution in [2.75, 3.05) is 5.32 Å². The summed E-state index contributed by atoms with van der Waals surface area (Å²) < 4.78 is 13.0. The molecule has 0 aliphatic heterocycles. The van der Waals surface area contributed by atoms with Gasteiger partial charge in [0.25, 0.3) is 0 Å². The average molecular weight is 331 g/mol. The summed E-state index contributed by atoms with van der Waals surface area (Å²) in [5.74, 6) is 0.165. The number of nitrogens with one attached hydrogen (secondary N) is 2. The Labute approximate surface area is 136 Å². The number of amides is 1. The number of benzene rings is 2. The molecule has 23 heavy (non-hydrogen) atoms. The van der Waals surface area contributed by atoms with Crippen LogP contribution in [0.25, 0.3) is 11.4 Å². The van der Waals surface area contributed by atoms with E-state index in [4.69, 9.17) is 11.6 Å². The van der Waals surface area contributed by atoms with Gasteiger partial charge in [-0.1, -0.05) is 41.9 Å². The molecule has 2 aromatic carbocycles. The first-order valence-electron chi connectivity index (χ1n) is 6.83. The summed E-state index contributed by atoms with van der Waals surface area (Å²) in [4.78, 5) is 16.3. The maximum Gasteiger partial charge on any atom is 0.232 e. The van der Waals surface area contributed by atoms with Crippen LogP contribution in [0.2, 0.25) is 5.02 Å². The zero-order chi connectivity index (χ0) is 16.2. The standard InChI is InChI=1S/C16H12ClFN4O/c17-12-8-11(18)6-7-13(12)19-15(23)9-14-20-16(22-21-14)10-4-2-1-3-5-10/h1-8H,9H2,(H,19,23)(H,20,21,22). The van der Waals surface area contributed by atoms with Crippen LogP contribution in [-0.2, 0) is 11.2 Å². The average Bonchev–Trinajstić information content (AvgIpc) is 2.99. The lowest BCUT2D eigenvalue weighted by atomic mass is 10.2. The fraction of sp³-hybridized carbons (Fsp3) is 0.0625. The minimum absolute atomic E-state index is 0.00748. The molecule has 3 aromatic rings. The molecule has 0 unspecified atom stereocenters. The van der Waals surface area contributed by atoms with Crippen molar-refractivity contribution in [2.24, 2.45) is 0 Å². The van der Waals surface area contributed by atoms with Crippen molar-refractivity contribution in [3.8, 4) is 11.4 Å². The highest BCUT2D eigenvalue weighted by atomic mass is 35.5. The van der Waals surface area contributed by atoms with Crippen LogP contribution >= 0.6 is 11.6 Å². The van der Waals surface area contributed by atoms with Gasteiger partial charge in [0, 0.05) is 5.56 Å². The Morgan fingerprint density at radius 1 is 1.22 bits per heavy atom. The van der Waals surface area contributed by atoms with E-state index in [1.54, 1.807) is 0 Å². The number of halogens is 2. The Morgan fingerprint density at radius 2 is 2.00 bits per heavy atom. The number of rotatable bonds is 4. The fourth-order valence-electron chi connectivity index (χ4n) is 2.03. The van der Waals surface area contributed by atoms with E-state index in [-0.39, 0.29) is 17.4 Å². The summed E-state index contributed by atoms with van der Waals surface area (Å²) in [7, 11) is 0. The first-order valence-corrected chi connectivity index (χ1v) is 7.21. The molecule has 0 aliphatic carbocycles. The zero-order valence-corrected chi connectivity index (χ0v) is 12.6. The van der Waals surface area contributed by atoms with E-state index >= 15 is 0 Å². The van der Waals surface area contributed by atoms with E-state index in [1.165, 1.54) is 12.1 Å². The van der Waals surface area contributed by atoms with Crippen molar-refractivity contribution >= 4 is 23.2 Å². The normalized spacial score (nSPS) is 10.5. The molecule has 0 aliphatic rings. The second kappa shape index (κ2) is 6.58. The van der Waals surface area contributed by atoms with Crippen LogP contribution < -0.4 is 5.32 Å². The van der Waals surface area contributed by atoms with Gasteiger partial charge in [-0.2, -0.15) is 5.10 Å². The van der Waals surface area contributed by atoms with Gasteiger partial charge in [-0.3, -0.25) is 9.89 Å². The van der Waals surface area contributed by atoms with Crippen molar-refractivity contribution in [1.82, 2.24) is 15.2 Å². The maximum atomic E-state index is 13.0. The summed E-state index contributed by atoms with van der Waals surface area (Å²) in [6.07, 6.45) is 0.00748. The largest absolute Gasteiger partial charge is 0.324 e. The second-order valence-corrected chi connectivity index (χ2v) is 5.23. The van der Waals surface area contributed by atoms with Gasteiger partial charge in [-0.05, 0) is 18.2 Å². The third kappa shape index (κ3) is 3.73. The summed E-state index contributed by atoms with van der Waals surface area (Å²) in [5, 5.41) is 9.56. The lowest BCUT2D eigenvalue weighted by Crippen LogP contribution is -2.15. The molecule has 2 N–H and O–H groups in total. The van der Waals surface area contributed by atoms with E-state index in [2.05, 4.69) is 20.5 Å². The SMILES string of the molecule is O=C(Cc1nc(-c2ccccc2)n[nH]1)Nc1ccc(F)cc1Cl. The molecular formula is C16H12ClFN4O. The fourth-order valence-corrected chi connectivity index (χ4v) is 2.24. The number of carbonyl (C=O) groups excluding carboxylic acids is 1. The number of aromatic amines is 1. The van der Waals surface area contributed by atoms with E-state index in [9.17, 15) is 9.18 Å². The summed E-state index contributed by atoms with van der Waals surface area (Å²) >= 11 is 5.87. The number of carbonyl (C=O) groups is 1. The molecule has 1 aromatic heterocycles. The second-order valence-electron chi connectivity index (χ2n) is 4.82. The predicted molar refractivity (Wildman–Crippen MR) is 85.6 cm³/mol. The van der Waals surface area contributed by atoms with Gasteiger partial charge in [0.15, 0.2) is 5.82 Å². The molecule has 0 radical (unpaired) electrons. The van der Waals surface area contributed by atoms with Crippen LogP contribution in [-0.4, -0.2) is 21.1 Å². The molecule has 0 spiro atoms. The summed E-state index contributed by atoms with van der Waals surface area (Å²) in [6, 6.07) is 13.2. The van der Waals surface area contributed by atoms with Gasteiger partial charge in [-0.15, -0.1) is 0 Å². The topological polar surface area (TPSA) is 70.7 Å². The smallest absolute Gasteiger partial charge is 0.232 e. The lowest BCUT2D eigenvalue weighted by molar-refractivity contribution is -0.115. The number of nitrogens with zero attached hydrogens (tertiary/aromatic N) is 2. The van der Waals surface area contributed by atoms with Gasteiger partial charge >= 0.3 is 0 Å². The first-order chi connectivity index (χ1) is 11.1. The van der Waals surface area contributed by atoms with Crippen LogP contribution in [0.3, 0.4) is 0 Å². The Kier molecular flexibility index (Phi) is 4.34. The third-order valence-electron chi connectivity index (χ3n) is 3.10. The zero-order valence-electron chi connectivity index (χ0n) is 11.9. The highest BCUT2D eigenvalue weighted by Gasteiger charge is 2.11. The van der Waals surface area contributed by atoms with Crippen molar-refractivity contribution in [3.63, 3.8) is 0 Å². The quantitative estimate of drug-likeness (QED) is 0.769. The van der Waals surface area contributed by atoms with Crippen molar-refractivity contribution in [2.45, 2.75) is 6.42 Å². The molecule has 0 fully saturated rings. The van der Waals surface area contributed by atoms with Crippen molar-refractivity contribution in [3.05, 3.63) is 65.2 Å². The molecule has 7 heteroatoms. The first kappa shape index (κ1) is 15.2. The minimum atomic E-state index is -0.462. The van der Waals surface area contributed by atoms with E-state index in [1.807, 2.05) is 30.3 Å².